The molecular formula is C19H24N4. The molecule has 120 valence electrons. The summed E-state index contributed by atoms with van der Waals surface area (Å²) in [6, 6.07) is 6.75. The van der Waals surface area contributed by atoms with Crippen molar-refractivity contribution in [1.82, 2.24) is 20.3 Å². The maximum Gasteiger partial charge on any atom is 0.125 e. The number of hydrogen-bond donors (Lipinski definition) is 2. The zero-order valence-corrected chi connectivity index (χ0v) is 14.3. The van der Waals surface area contributed by atoms with Gasteiger partial charge in [-0.1, -0.05) is 18.2 Å². The van der Waals surface area contributed by atoms with E-state index in [-0.39, 0.29) is 6.04 Å². The van der Waals surface area contributed by atoms with Gasteiger partial charge in [-0.2, -0.15) is 0 Å². The first-order valence-electron chi connectivity index (χ1n) is 8.15. The van der Waals surface area contributed by atoms with E-state index in [0.29, 0.717) is 0 Å². The highest BCUT2D eigenvalue weighted by Crippen LogP contribution is 2.25. The molecule has 3 rings (SSSR count). The van der Waals surface area contributed by atoms with Gasteiger partial charge in [0.1, 0.15) is 5.82 Å². The highest BCUT2D eigenvalue weighted by atomic mass is 14.9. The molecule has 0 saturated heterocycles. The monoisotopic (exact) mass is 308 g/mol. The normalized spacial score (nSPS) is 12.7. The summed E-state index contributed by atoms with van der Waals surface area (Å²) < 4.78 is 0. The Kier molecular flexibility index (Phi) is 4.44. The quantitative estimate of drug-likeness (QED) is 0.754. The largest absolute Gasteiger partial charge is 0.358 e. The number of benzene rings is 1. The smallest absolute Gasteiger partial charge is 0.125 e. The Morgan fingerprint density at radius 2 is 1.87 bits per heavy atom. The van der Waals surface area contributed by atoms with Crippen LogP contribution in [0.5, 0.6) is 0 Å². The molecule has 0 bridgehead atoms. The summed E-state index contributed by atoms with van der Waals surface area (Å²) in [5.41, 5.74) is 6.36. The van der Waals surface area contributed by atoms with Gasteiger partial charge in [-0.05, 0) is 51.8 Å². The van der Waals surface area contributed by atoms with Crippen LogP contribution < -0.4 is 5.32 Å². The SMILES string of the molecule is Cc1ncc(C(C)NCCc2c(C)[nH]c3c(C)cccc23)cn1. The summed E-state index contributed by atoms with van der Waals surface area (Å²) >= 11 is 0. The third-order valence-electron chi connectivity index (χ3n) is 4.49. The summed E-state index contributed by atoms with van der Waals surface area (Å²) in [7, 11) is 0. The topological polar surface area (TPSA) is 53.6 Å². The number of para-hydroxylation sites is 1. The maximum absolute atomic E-state index is 4.27. The van der Waals surface area contributed by atoms with Gasteiger partial charge >= 0.3 is 0 Å². The van der Waals surface area contributed by atoms with Crippen LogP contribution in [-0.4, -0.2) is 21.5 Å². The van der Waals surface area contributed by atoms with Crippen LogP contribution in [0.3, 0.4) is 0 Å². The second-order valence-electron chi connectivity index (χ2n) is 6.22. The number of hydrogen-bond acceptors (Lipinski definition) is 3. The molecule has 4 nitrogen and oxygen atoms in total. The second kappa shape index (κ2) is 6.50. The highest BCUT2D eigenvalue weighted by Gasteiger charge is 2.11. The van der Waals surface area contributed by atoms with E-state index in [9.17, 15) is 0 Å². The molecular weight excluding hydrogens is 284 g/mol. The summed E-state index contributed by atoms with van der Waals surface area (Å²) in [6.07, 6.45) is 4.81. The van der Waals surface area contributed by atoms with Crippen LogP contribution in [0.2, 0.25) is 0 Å². The fourth-order valence-corrected chi connectivity index (χ4v) is 3.03. The van der Waals surface area contributed by atoms with Crippen molar-refractivity contribution in [3.63, 3.8) is 0 Å². The van der Waals surface area contributed by atoms with E-state index < -0.39 is 0 Å². The van der Waals surface area contributed by atoms with Crippen molar-refractivity contribution in [3.8, 4) is 0 Å². The van der Waals surface area contributed by atoms with E-state index in [4.69, 9.17) is 0 Å². The molecule has 0 amide bonds. The molecule has 1 aromatic carbocycles. The Morgan fingerprint density at radius 1 is 1.13 bits per heavy atom. The summed E-state index contributed by atoms with van der Waals surface area (Å²) in [5.74, 6) is 0.811. The molecule has 3 aromatic rings. The number of aromatic amines is 1. The molecule has 1 atom stereocenters. The van der Waals surface area contributed by atoms with Gasteiger partial charge in [-0.15, -0.1) is 0 Å². The van der Waals surface area contributed by atoms with E-state index >= 15 is 0 Å². The molecule has 0 saturated carbocycles. The molecule has 0 radical (unpaired) electrons. The number of fused-ring (bicyclic) bond motifs is 1. The van der Waals surface area contributed by atoms with Crippen LogP contribution in [0.1, 0.15) is 41.2 Å². The molecule has 1 unspecified atom stereocenters. The van der Waals surface area contributed by atoms with E-state index in [1.807, 2.05) is 19.3 Å². The molecule has 0 aliphatic heterocycles. The Labute approximate surface area is 137 Å². The van der Waals surface area contributed by atoms with Gasteiger partial charge in [0.2, 0.25) is 0 Å². The van der Waals surface area contributed by atoms with Gasteiger partial charge in [-0.3, -0.25) is 0 Å². The standard InChI is InChI=1S/C19H24N4/c1-12-6-5-7-18-17(14(3)23-19(12)18)8-9-20-13(2)16-10-21-15(4)22-11-16/h5-7,10-11,13,20,23H,8-9H2,1-4H3. The molecule has 23 heavy (non-hydrogen) atoms. The average Bonchev–Trinajstić information content (AvgIpc) is 2.86. The van der Waals surface area contributed by atoms with E-state index in [0.717, 1.165) is 24.4 Å². The highest BCUT2D eigenvalue weighted by molar-refractivity contribution is 5.87. The minimum absolute atomic E-state index is 0.253. The number of rotatable bonds is 5. The molecule has 0 aliphatic carbocycles. The minimum Gasteiger partial charge on any atom is -0.358 e. The van der Waals surface area contributed by atoms with Gasteiger partial charge in [-0.25, -0.2) is 9.97 Å². The molecule has 2 heterocycles. The number of aromatic nitrogens is 3. The van der Waals surface area contributed by atoms with Crippen molar-refractivity contribution < 1.29 is 0 Å². The van der Waals surface area contributed by atoms with Gasteiger partial charge in [0, 0.05) is 40.6 Å². The number of aryl methyl sites for hydroxylation is 3. The molecule has 4 heteroatoms. The molecule has 0 fully saturated rings. The Morgan fingerprint density at radius 3 is 2.61 bits per heavy atom. The zero-order chi connectivity index (χ0) is 16.4. The van der Waals surface area contributed by atoms with E-state index in [1.54, 1.807) is 0 Å². The first-order chi connectivity index (χ1) is 11.1. The van der Waals surface area contributed by atoms with Crippen molar-refractivity contribution in [2.75, 3.05) is 6.54 Å². The Hall–Kier alpha value is -2.20. The summed E-state index contributed by atoms with van der Waals surface area (Å²) in [4.78, 5) is 12.1. The number of H-pyrrole nitrogens is 1. The molecule has 2 N–H and O–H groups in total. The van der Waals surface area contributed by atoms with Crippen molar-refractivity contribution >= 4 is 10.9 Å². The summed E-state index contributed by atoms with van der Waals surface area (Å²) in [6.45, 7) is 9.30. The first kappa shape index (κ1) is 15.7. The van der Waals surface area contributed by atoms with Crippen molar-refractivity contribution in [2.24, 2.45) is 0 Å². The maximum atomic E-state index is 4.27. The lowest BCUT2D eigenvalue weighted by Crippen LogP contribution is -2.21. The van der Waals surface area contributed by atoms with Crippen LogP contribution in [0.15, 0.2) is 30.6 Å². The minimum atomic E-state index is 0.253. The van der Waals surface area contributed by atoms with Crippen LogP contribution in [-0.2, 0) is 6.42 Å². The average molecular weight is 308 g/mol. The van der Waals surface area contributed by atoms with Gasteiger partial charge < -0.3 is 10.3 Å². The second-order valence-corrected chi connectivity index (χ2v) is 6.22. The summed E-state index contributed by atoms with van der Waals surface area (Å²) in [5, 5.41) is 4.91. The van der Waals surface area contributed by atoms with Gasteiger partial charge in [0.25, 0.3) is 0 Å². The lowest BCUT2D eigenvalue weighted by Gasteiger charge is -2.13. The van der Waals surface area contributed by atoms with Crippen molar-refractivity contribution in [3.05, 3.63) is 58.8 Å². The first-order valence-corrected chi connectivity index (χ1v) is 8.15. The zero-order valence-electron chi connectivity index (χ0n) is 14.3. The third kappa shape index (κ3) is 3.27. The van der Waals surface area contributed by atoms with Crippen molar-refractivity contribution in [1.29, 1.82) is 0 Å². The van der Waals surface area contributed by atoms with Crippen LogP contribution >= 0.6 is 0 Å². The van der Waals surface area contributed by atoms with Crippen LogP contribution in [0.25, 0.3) is 10.9 Å². The van der Waals surface area contributed by atoms with E-state index in [1.165, 1.54) is 27.7 Å². The lowest BCUT2D eigenvalue weighted by atomic mass is 10.1. The van der Waals surface area contributed by atoms with Crippen LogP contribution in [0.4, 0.5) is 0 Å². The van der Waals surface area contributed by atoms with Crippen molar-refractivity contribution in [2.45, 2.75) is 40.2 Å². The van der Waals surface area contributed by atoms with Crippen LogP contribution in [0, 0.1) is 20.8 Å². The predicted molar refractivity (Wildman–Crippen MR) is 94.7 cm³/mol. The van der Waals surface area contributed by atoms with E-state index in [2.05, 4.69) is 59.2 Å². The number of nitrogens with one attached hydrogen (secondary N) is 2. The fraction of sp³-hybridized carbons (Fsp3) is 0.368. The fourth-order valence-electron chi connectivity index (χ4n) is 3.03. The van der Waals surface area contributed by atoms with Gasteiger partial charge in [0.15, 0.2) is 0 Å². The Balaban J connectivity index is 1.68. The molecule has 0 spiro atoms. The lowest BCUT2D eigenvalue weighted by molar-refractivity contribution is 0.573. The Bertz CT molecular complexity index is 802. The van der Waals surface area contributed by atoms with Gasteiger partial charge in [0.05, 0.1) is 0 Å². The molecule has 2 aromatic heterocycles. The predicted octanol–water partition coefficient (Wildman–Crippen LogP) is 3.78. The number of nitrogens with zero attached hydrogens (tertiary/aromatic N) is 2. The third-order valence-corrected chi connectivity index (χ3v) is 4.49. The molecule has 0 aliphatic rings.